The average molecular weight is 367 g/mol. The maximum atomic E-state index is 12.8. The number of fused-ring (bicyclic) bond motifs is 2. The van der Waals surface area contributed by atoms with Crippen LogP contribution in [0.25, 0.3) is 0 Å². The summed E-state index contributed by atoms with van der Waals surface area (Å²) in [6.07, 6.45) is 7.89. The molecule has 146 valence electrons. The van der Waals surface area contributed by atoms with E-state index in [9.17, 15) is 14.5 Å². The molecular formula is C18H29N3O5. The monoisotopic (exact) mass is 367 g/mol. The highest BCUT2D eigenvalue weighted by molar-refractivity contribution is 5.83. The summed E-state index contributed by atoms with van der Waals surface area (Å²) in [6.45, 7) is -0.0874. The second-order valence-corrected chi connectivity index (χ2v) is 8.08. The third kappa shape index (κ3) is 4.23. The zero-order chi connectivity index (χ0) is 18.7. The minimum Gasteiger partial charge on any atom is -0.465 e. The van der Waals surface area contributed by atoms with Crippen LogP contribution in [-0.4, -0.2) is 30.4 Å². The van der Waals surface area contributed by atoms with Crippen molar-refractivity contribution >= 4 is 11.9 Å². The lowest BCUT2D eigenvalue weighted by Gasteiger charge is -2.30. The van der Waals surface area contributed by atoms with Gasteiger partial charge in [0.1, 0.15) is 6.10 Å². The predicted octanol–water partition coefficient (Wildman–Crippen LogP) is 1.80. The molecule has 3 fully saturated rings. The highest BCUT2D eigenvalue weighted by Crippen LogP contribution is 2.53. The summed E-state index contributed by atoms with van der Waals surface area (Å²) < 4.78 is 11.0. The van der Waals surface area contributed by atoms with Gasteiger partial charge in [-0.15, -0.1) is 4.91 Å². The first-order chi connectivity index (χ1) is 12.4. The Hall–Kier alpha value is -1.54. The van der Waals surface area contributed by atoms with Gasteiger partial charge >= 0.3 is 11.9 Å². The number of nitrogens with two attached hydrogens (primary N) is 2. The van der Waals surface area contributed by atoms with Crippen molar-refractivity contribution in [2.45, 2.75) is 69.7 Å². The van der Waals surface area contributed by atoms with Crippen LogP contribution >= 0.6 is 0 Å². The third-order valence-corrected chi connectivity index (χ3v) is 6.21. The van der Waals surface area contributed by atoms with Gasteiger partial charge in [0, 0.05) is 6.42 Å². The zero-order valence-electron chi connectivity index (χ0n) is 15.1. The maximum Gasteiger partial charge on any atom is 0.310 e. The van der Waals surface area contributed by atoms with E-state index < -0.39 is 23.6 Å². The Morgan fingerprint density at radius 3 is 2.19 bits per heavy atom. The molecule has 2 bridgehead atoms. The van der Waals surface area contributed by atoms with Crippen LogP contribution in [0.15, 0.2) is 5.18 Å². The Morgan fingerprint density at radius 1 is 0.962 bits per heavy atom. The van der Waals surface area contributed by atoms with Crippen molar-refractivity contribution in [1.82, 2.24) is 0 Å². The molecular weight excluding hydrogens is 338 g/mol. The Kier molecular flexibility index (Phi) is 5.92. The van der Waals surface area contributed by atoms with Gasteiger partial charge in [0.25, 0.3) is 0 Å². The number of carbonyl (C=O) groups is 2. The number of hydrogen-bond donors (Lipinski definition) is 2. The topological polar surface area (TPSA) is 134 Å². The minimum absolute atomic E-state index is 0.0131. The normalized spacial score (nSPS) is 31.6. The molecule has 0 spiro atoms. The summed E-state index contributed by atoms with van der Waals surface area (Å²) in [4.78, 5) is 35.9. The number of nitroso groups, excluding NO2 is 1. The molecule has 8 heteroatoms. The molecule has 4 N–H and O–H groups in total. The van der Waals surface area contributed by atoms with Crippen molar-refractivity contribution in [3.05, 3.63) is 4.91 Å². The molecule has 3 aliphatic carbocycles. The Labute approximate surface area is 153 Å². The van der Waals surface area contributed by atoms with E-state index in [-0.39, 0.29) is 36.9 Å². The van der Waals surface area contributed by atoms with Crippen molar-refractivity contribution in [3.63, 3.8) is 0 Å². The van der Waals surface area contributed by atoms with Crippen LogP contribution in [0.2, 0.25) is 0 Å². The summed E-state index contributed by atoms with van der Waals surface area (Å²) in [7, 11) is 0. The van der Waals surface area contributed by atoms with Crippen LogP contribution in [0.4, 0.5) is 0 Å². The molecule has 0 aromatic carbocycles. The highest BCUT2D eigenvalue weighted by Gasteiger charge is 2.55. The van der Waals surface area contributed by atoms with Crippen molar-refractivity contribution < 1.29 is 19.1 Å². The van der Waals surface area contributed by atoms with Gasteiger partial charge in [-0.1, -0.05) is 6.42 Å². The molecule has 0 heterocycles. The molecule has 0 aliphatic heterocycles. The summed E-state index contributed by atoms with van der Waals surface area (Å²) in [5.74, 6) is -2.90. The first kappa shape index (κ1) is 19.2. The number of rotatable bonds is 7. The zero-order valence-corrected chi connectivity index (χ0v) is 15.1. The molecule has 0 aromatic heterocycles. The van der Waals surface area contributed by atoms with Gasteiger partial charge in [0.05, 0.1) is 18.4 Å². The second kappa shape index (κ2) is 8.00. The van der Waals surface area contributed by atoms with Gasteiger partial charge in [0.2, 0.25) is 5.79 Å². The van der Waals surface area contributed by atoms with Gasteiger partial charge in [0.15, 0.2) is 0 Å². The van der Waals surface area contributed by atoms with E-state index in [1.807, 2.05) is 0 Å². The van der Waals surface area contributed by atoms with Crippen molar-refractivity contribution in [1.29, 1.82) is 0 Å². The van der Waals surface area contributed by atoms with Crippen molar-refractivity contribution in [2.75, 3.05) is 6.61 Å². The molecule has 26 heavy (non-hydrogen) atoms. The van der Waals surface area contributed by atoms with Crippen LogP contribution in [-0.2, 0) is 19.1 Å². The second-order valence-electron chi connectivity index (χ2n) is 8.08. The fourth-order valence-electron chi connectivity index (χ4n) is 4.85. The summed E-state index contributed by atoms with van der Waals surface area (Å²) in [5, 5.41) is 2.60. The van der Waals surface area contributed by atoms with Gasteiger partial charge in [-0.3, -0.25) is 21.1 Å². The molecule has 0 saturated heterocycles. The highest BCUT2D eigenvalue weighted by atomic mass is 16.5. The van der Waals surface area contributed by atoms with E-state index >= 15 is 0 Å². The van der Waals surface area contributed by atoms with E-state index in [4.69, 9.17) is 20.9 Å². The van der Waals surface area contributed by atoms with Gasteiger partial charge in [-0.25, -0.2) is 0 Å². The van der Waals surface area contributed by atoms with Gasteiger partial charge in [-0.2, -0.15) is 0 Å². The van der Waals surface area contributed by atoms with E-state index in [1.54, 1.807) is 0 Å². The number of esters is 2. The van der Waals surface area contributed by atoms with E-state index in [0.717, 1.165) is 44.9 Å². The van der Waals surface area contributed by atoms with E-state index in [1.165, 1.54) is 6.42 Å². The standard InChI is InChI=1S/C18H29N3O5/c19-18(20,21-24)8-9-25-16(22)14-11-6-7-12(10-11)15(14)17(23)26-13-4-2-1-3-5-13/h11-15H,1-10,19-20H2. The first-order valence-corrected chi connectivity index (χ1v) is 9.70. The summed E-state index contributed by atoms with van der Waals surface area (Å²) in [6, 6.07) is 0. The van der Waals surface area contributed by atoms with Crippen molar-refractivity contribution in [3.8, 4) is 0 Å². The number of nitrogens with zero attached hydrogens (tertiary/aromatic N) is 1. The lowest BCUT2D eigenvalue weighted by Crippen LogP contribution is -2.48. The molecule has 0 radical (unpaired) electrons. The quantitative estimate of drug-likeness (QED) is 0.398. The fraction of sp³-hybridized carbons (Fsp3) is 0.889. The lowest BCUT2D eigenvalue weighted by molar-refractivity contribution is -0.167. The molecule has 3 aliphatic rings. The minimum atomic E-state index is -1.74. The fourth-order valence-corrected chi connectivity index (χ4v) is 4.85. The molecule has 0 amide bonds. The van der Waals surface area contributed by atoms with Crippen molar-refractivity contribution in [2.24, 2.45) is 40.3 Å². The van der Waals surface area contributed by atoms with Crippen LogP contribution in [0, 0.1) is 28.6 Å². The molecule has 8 nitrogen and oxygen atoms in total. The number of carbonyl (C=O) groups excluding carboxylic acids is 2. The smallest absolute Gasteiger partial charge is 0.310 e. The maximum absolute atomic E-state index is 12.8. The number of ether oxygens (including phenoxy) is 2. The molecule has 3 saturated carbocycles. The Bertz CT molecular complexity index is 547. The van der Waals surface area contributed by atoms with Crippen LogP contribution in [0.1, 0.15) is 57.8 Å². The predicted molar refractivity (Wildman–Crippen MR) is 93.3 cm³/mol. The lowest BCUT2D eigenvalue weighted by atomic mass is 9.79. The average Bonchev–Trinajstić information content (AvgIpc) is 3.23. The Balaban J connectivity index is 1.58. The van der Waals surface area contributed by atoms with E-state index in [2.05, 4.69) is 5.18 Å². The molecule has 4 atom stereocenters. The summed E-state index contributed by atoms with van der Waals surface area (Å²) >= 11 is 0. The summed E-state index contributed by atoms with van der Waals surface area (Å²) in [5.41, 5.74) is 10.9. The molecule has 3 rings (SSSR count). The third-order valence-electron chi connectivity index (χ3n) is 6.21. The SMILES string of the molecule is NC(N)(CCOC(=O)C1C2CCC(C2)C1C(=O)OC1CCCCC1)N=O. The first-order valence-electron chi connectivity index (χ1n) is 9.70. The number of hydrogen-bond acceptors (Lipinski definition) is 8. The molecule has 4 unspecified atom stereocenters. The van der Waals surface area contributed by atoms with Crippen LogP contribution < -0.4 is 11.5 Å². The van der Waals surface area contributed by atoms with Gasteiger partial charge in [-0.05, 0) is 62.0 Å². The largest absolute Gasteiger partial charge is 0.465 e. The van der Waals surface area contributed by atoms with E-state index in [0.29, 0.717) is 0 Å². The Morgan fingerprint density at radius 2 is 1.58 bits per heavy atom. The van der Waals surface area contributed by atoms with Gasteiger partial charge < -0.3 is 9.47 Å². The molecule has 0 aromatic rings. The van der Waals surface area contributed by atoms with Crippen LogP contribution in [0.3, 0.4) is 0 Å². The van der Waals surface area contributed by atoms with Crippen LogP contribution in [0.5, 0.6) is 0 Å².